The van der Waals surface area contributed by atoms with Gasteiger partial charge in [-0.1, -0.05) is 42.5 Å². The van der Waals surface area contributed by atoms with Gasteiger partial charge >= 0.3 is 6.61 Å². The van der Waals surface area contributed by atoms with Crippen LogP contribution in [-0.4, -0.2) is 22.1 Å². The predicted octanol–water partition coefficient (Wildman–Crippen LogP) is 4.93. The van der Waals surface area contributed by atoms with Crippen LogP contribution in [0.25, 0.3) is 10.9 Å². The van der Waals surface area contributed by atoms with Gasteiger partial charge in [0.2, 0.25) is 5.91 Å². The maximum Gasteiger partial charge on any atom is 0.387 e. The summed E-state index contributed by atoms with van der Waals surface area (Å²) >= 11 is 0. The molecular weight excluding hydrogens is 440 g/mol. The van der Waals surface area contributed by atoms with Crippen LogP contribution in [0.15, 0.2) is 77.9 Å². The van der Waals surface area contributed by atoms with Crippen molar-refractivity contribution in [1.82, 2.24) is 9.55 Å². The molecule has 0 aliphatic carbocycles. The van der Waals surface area contributed by atoms with Gasteiger partial charge in [0.15, 0.2) is 0 Å². The van der Waals surface area contributed by atoms with Crippen molar-refractivity contribution in [3.63, 3.8) is 0 Å². The number of hydrogen-bond acceptors (Lipinski definition) is 4. The van der Waals surface area contributed by atoms with Crippen molar-refractivity contribution in [2.24, 2.45) is 0 Å². The van der Waals surface area contributed by atoms with Crippen molar-refractivity contribution in [3.8, 4) is 5.75 Å². The highest BCUT2D eigenvalue weighted by Gasteiger charge is 2.13. The van der Waals surface area contributed by atoms with Crippen molar-refractivity contribution in [3.05, 3.63) is 100 Å². The second-order valence-corrected chi connectivity index (χ2v) is 7.88. The lowest BCUT2D eigenvalue weighted by Gasteiger charge is -2.14. The number of carbonyl (C=O) groups excluding carboxylic acids is 1. The van der Waals surface area contributed by atoms with Crippen molar-refractivity contribution >= 4 is 22.5 Å². The summed E-state index contributed by atoms with van der Waals surface area (Å²) < 4.78 is 31.7. The Bertz CT molecular complexity index is 1370. The van der Waals surface area contributed by atoms with Crippen LogP contribution in [-0.2, 0) is 17.8 Å². The minimum atomic E-state index is -2.95. The molecule has 0 aliphatic rings. The van der Waals surface area contributed by atoms with Gasteiger partial charge in [0, 0.05) is 30.6 Å². The number of carbonyl (C=O) groups is 1. The molecule has 0 atom stereocenters. The average Bonchev–Trinajstić information content (AvgIpc) is 2.81. The number of amides is 1. The molecule has 1 N–H and O–H groups in total. The number of aromatic nitrogens is 2. The van der Waals surface area contributed by atoms with E-state index in [0.717, 1.165) is 11.1 Å². The fourth-order valence-corrected chi connectivity index (χ4v) is 3.76. The lowest BCUT2D eigenvalue weighted by Crippen LogP contribution is -2.24. The third-order valence-electron chi connectivity index (χ3n) is 5.43. The van der Waals surface area contributed by atoms with E-state index in [-0.39, 0.29) is 30.2 Å². The highest BCUT2D eigenvalue weighted by Crippen LogP contribution is 2.27. The molecule has 0 spiro atoms. The van der Waals surface area contributed by atoms with E-state index in [4.69, 9.17) is 0 Å². The summed E-state index contributed by atoms with van der Waals surface area (Å²) in [4.78, 5) is 29.6. The molecule has 0 radical (unpaired) electrons. The molecule has 34 heavy (non-hydrogen) atoms. The van der Waals surface area contributed by atoms with Crippen molar-refractivity contribution in [2.75, 3.05) is 5.32 Å². The molecule has 4 rings (SSSR count). The molecule has 1 aromatic heterocycles. The molecule has 1 heterocycles. The van der Waals surface area contributed by atoms with Crippen LogP contribution >= 0.6 is 0 Å². The van der Waals surface area contributed by atoms with Gasteiger partial charge in [-0.25, -0.2) is 4.98 Å². The Morgan fingerprint density at radius 2 is 1.88 bits per heavy atom. The Morgan fingerprint density at radius 1 is 1.09 bits per heavy atom. The van der Waals surface area contributed by atoms with E-state index >= 15 is 0 Å². The van der Waals surface area contributed by atoms with Crippen LogP contribution in [0.5, 0.6) is 5.75 Å². The Labute approximate surface area is 194 Å². The van der Waals surface area contributed by atoms with Crippen LogP contribution in [0.3, 0.4) is 0 Å². The van der Waals surface area contributed by atoms with Crippen molar-refractivity contribution < 1.29 is 18.3 Å². The number of halogens is 2. The average molecular weight is 463 g/mol. The summed E-state index contributed by atoms with van der Waals surface area (Å²) in [6.45, 7) is -0.908. The molecule has 1 amide bonds. The van der Waals surface area contributed by atoms with E-state index in [1.54, 1.807) is 18.2 Å². The molecular formula is C26H23F2N3O3. The maximum atomic E-state index is 12.8. The van der Waals surface area contributed by atoms with Gasteiger partial charge in [-0.3, -0.25) is 14.2 Å². The number of para-hydroxylation sites is 1. The maximum absolute atomic E-state index is 12.8. The van der Waals surface area contributed by atoms with Crippen LogP contribution in [0, 0.1) is 6.92 Å². The minimum absolute atomic E-state index is 0.0439. The highest BCUT2D eigenvalue weighted by molar-refractivity contribution is 5.91. The van der Waals surface area contributed by atoms with Gasteiger partial charge in [0.05, 0.1) is 17.2 Å². The van der Waals surface area contributed by atoms with Gasteiger partial charge in [-0.15, -0.1) is 0 Å². The Balaban J connectivity index is 1.47. The molecule has 0 saturated heterocycles. The molecule has 3 aromatic carbocycles. The van der Waals surface area contributed by atoms with E-state index < -0.39 is 6.61 Å². The number of fused-ring (bicyclic) bond motifs is 1. The largest absolute Gasteiger partial charge is 0.435 e. The standard InChI is InChI=1S/C26H23F2N3O3/c1-17-6-5-9-21-24(17)29-16-31(25(21)33)13-12-23(32)30-20-10-11-22(34-26(27)28)19(15-20)14-18-7-3-2-4-8-18/h2-11,15-16,26H,12-14H2,1H3,(H,30,32). The fourth-order valence-electron chi connectivity index (χ4n) is 3.76. The zero-order chi connectivity index (χ0) is 24.1. The van der Waals surface area contributed by atoms with E-state index in [1.807, 2.05) is 43.3 Å². The number of anilines is 1. The number of ether oxygens (including phenoxy) is 1. The van der Waals surface area contributed by atoms with Crippen LogP contribution < -0.4 is 15.6 Å². The van der Waals surface area contributed by atoms with Crippen LogP contribution in [0.1, 0.15) is 23.1 Å². The second kappa shape index (κ2) is 10.2. The molecule has 0 bridgehead atoms. The van der Waals surface area contributed by atoms with E-state index in [2.05, 4.69) is 15.0 Å². The molecule has 0 saturated carbocycles. The molecule has 4 aromatic rings. The summed E-state index contributed by atoms with van der Waals surface area (Å²) in [6.07, 6.45) is 1.85. The Hall–Kier alpha value is -4.07. The fraction of sp³-hybridized carbons (Fsp3) is 0.192. The third kappa shape index (κ3) is 5.46. The zero-order valence-corrected chi connectivity index (χ0v) is 18.5. The third-order valence-corrected chi connectivity index (χ3v) is 5.43. The molecule has 0 fully saturated rings. The highest BCUT2D eigenvalue weighted by atomic mass is 19.3. The lowest BCUT2D eigenvalue weighted by atomic mass is 10.0. The monoisotopic (exact) mass is 463 g/mol. The van der Waals surface area contributed by atoms with E-state index in [1.165, 1.54) is 23.0 Å². The summed E-state index contributed by atoms with van der Waals surface area (Å²) in [5.41, 5.74) is 3.24. The molecule has 0 unspecified atom stereocenters. The summed E-state index contributed by atoms with van der Waals surface area (Å²) in [5.74, 6) is -0.259. The van der Waals surface area contributed by atoms with Gasteiger partial charge in [0.1, 0.15) is 5.75 Å². The van der Waals surface area contributed by atoms with Gasteiger partial charge in [-0.05, 0) is 42.3 Å². The smallest absolute Gasteiger partial charge is 0.387 e. The van der Waals surface area contributed by atoms with Crippen molar-refractivity contribution in [2.45, 2.75) is 32.9 Å². The SMILES string of the molecule is Cc1cccc2c(=O)n(CCC(=O)Nc3ccc(OC(F)F)c(Cc4ccccc4)c3)cnc12. The Kier molecular flexibility index (Phi) is 6.96. The molecule has 0 aliphatic heterocycles. The first kappa shape index (κ1) is 23.1. The van der Waals surface area contributed by atoms with Crippen LogP contribution in [0.2, 0.25) is 0 Å². The molecule has 6 nitrogen and oxygen atoms in total. The normalized spacial score (nSPS) is 11.1. The Morgan fingerprint density at radius 3 is 2.65 bits per heavy atom. The van der Waals surface area contributed by atoms with Gasteiger partial charge in [0.25, 0.3) is 5.56 Å². The minimum Gasteiger partial charge on any atom is -0.435 e. The first-order chi connectivity index (χ1) is 16.4. The van der Waals surface area contributed by atoms with E-state index in [9.17, 15) is 18.4 Å². The first-order valence-corrected chi connectivity index (χ1v) is 10.8. The summed E-state index contributed by atoms with van der Waals surface area (Å²) in [5, 5.41) is 3.27. The lowest BCUT2D eigenvalue weighted by molar-refractivity contribution is -0.116. The van der Waals surface area contributed by atoms with Crippen molar-refractivity contribution in [1.29, 1.82) is 0 Å². The number of nitrogens with zero attached hydrogens (tertiary/aromatic N) is 2. The molecule has 174 valence electrons. The number of nitrogens with one attached hydrogen (secondary N) is 1. The number of rotatable bonds is 8. The number of benzene rings is 3. The molecule has 8 heteroatoms. The first-order valence-electron chi connectivity index (χ1n) is 10.8. The summed E-state index contributed by atoms with van der Waals surface area (Å²) in [6, 6.07) is 19.3. The predicted molar refractivity (Wildman–Crippen MR) is 126 cm³/mol. The van der Waals surface area contributed by atoms with Crippen LogP contribution in [0.4, 0.5) is 14.5 Å². The topological polar surface area (TPSA) is 73.2 Å². The number of hydrogen-bond donors (Lipinski definition) is 1. The van der Waals surface area contributed by atoms with Gasteiger partial charge < -0.3 is 10.1 Å². The summed E-state index contributed by atoms with van der Waals surface area (Å²) in [7, 11) is 0. The quantitative estimate of drug-likeness (QED) is 0.402. The second-order valence-electron chi connectivity index (χ2n) is 7.88. The van der Waals surface area contributed by atoms with E-state index in [0.29, 0.717) is 28.6 Å². The zero-order valence-electron chi connectivity index (χ0n) is 18.5. The van der Waals surface area contributed by atoms with Gasteiger partial charge in [-0.2, -0.15) is 8.78 Å². The number of alkyl halides is 2. The number of aryl methyl sites for hydroxylation is 2.